The van der Waals surface area contributed by atoms with Crippen LogP contribution in [0.5, 0.6) is 0 Å². The minimum absolute atomic E-state index is 0.0258. The van der Waals surface area contributed by atoms with E-state index in [-0.39, 0.29) is 6.29 Å². The third-order valence-corrected chi connectivity index (χ3v) is 3.68. The molecule has 0 amide bonds. The SMILES string of the molecule is CCCCCCCCCCCO.O=C[C@H](O)[C@@H](O)[C@H](O)[C@H](O)CO. The van der Waals surface area contributed by atoms with Gasteiger partial charge in [0.25, 0.3) is 0 Å². The van der Waals surface area contributed by atoms with Crippen LogP contribution >= 0.6 is 0 Å². The molecule has 0 fully saturated rings. The van der Waals surface area contributed by atoms with Crippen molar-refractivity contribution in [2.75, 3.05) is 13.2 Å². The zero-order valence-electron chi connectivity index (χ0n) is 14.8. The second-order valence-electron chi connectivity index (χ2n) is 5.91. The molecule has 146 valence electrons. The monoisotopic (exact) mass is 352 g/mol. The Kier molecular flexibility index (Phi) is 20.1. The lowest BCUT2D eigenvalue weighted by Gasteiger charge is -2.22. The highest BCUT2D eigenvalue weighted by Crippen LogP contribution is 2.09. The molecular formula is C17H36O7. The molecule has 0 saturated carbocycles. The van der Waals surface area contributed by atoms with Gasteiger partial charge in [0.1, 0.15) is 24.4 Å². The maximum absolute atomic E-state index is 9.90. The predicted molar refractivity (Wildman–Crippen MR) is 91.5 cm³/mol. The molecule has 0 bridgehead atoms. The number of aldehydes is 1. The van der Waals surface area contributed by atoms with Crippen molar-refractivity contribution >= 4 is 6.29 Å². The van der Waals surface area contributed by atoms with Crippen molar-refractivity contribution in [1.29, 1.82) is 0 Å². The second kappa shape index (κ2) is 18.8. The first-order valence-electron chi connectivity index (χ1n) is 8.85. The van der Waals surface area contributed by atoms with E-state index in [9.17, 15) is 4.79 Å². The Morgan fingerprint density at radius 3 is 1.58 bits per heavy atom. The highest BCUT2D eigenvalue weighted by Gasteiger charge is 2.29. The number of hydrogen-bond acceptors (Lipinski definition) is 7. The third kappa shape index (κ3) is 15.0. The Labute approximate surface area is 145 Å². The van der Waals surface area contributed by atoms with E-state index in [0.29, 0.717) is 6.61 Å². The zero-order chi connectivity index (χ0) is 18.8. The van der Waals surface area contributed by atoms with E-state index in [1.54, 1.807) is 0 Å². The molecule has 0 aromatic rings. The minimum atomic E-state index is -1.79. The highest BCUT2D eigenvalue weighted by molar-refractivity contribution is 5.56. The van der Waals surface area contributed by atoms with Crippen LogP contribution in [0.2, 0.25) is 0 Å². The van der Waals surface area contributed by atoms with Crippen LogP contribution in [-0.4, -0.2) is 74.6 Å². The first-order valence-corrected chi connectivity index (χ1v) is 8.85. The van der Waals surface area contributed by atoms with Gasteiger partial charge in [-0.3, -0.25) is 0 Å². The third-order valence-electron chi connectivity index (χ3n) is 3.68. The summed E-state index contributed by atoms with van der Waals surface area (Å²) in [4.78, 5) is 9.90. The molecular weight excluding hydrogens is 316 g/mol. The summed E-state index contributed by atoms with van der Waals surface area (Å²) in [6.07, 6.45) is 5.00. The maximum Gasteiger partial charge on any atom is 0.151 e. The number of unbranched alkanes of at least 4 members (excludes halogenated alkanes) is 8. The molecule has 0 aliphatic heterocycles. The van der Waals surface area contributed by atoms with Crippen molar-refractivity contribution in [1.82, 2.24) is 0 Å². The standard InChI is InChI=1S/C11H24O.C6H12O6/c1-2-3-4-5-6-7-8-9-10-11-12;7-1-3(9)5(11)6(12)4(10)2-8/h12H,2-11H2,1H3;1,3-6,8-12H,2H2/t;3-,4+,5+,6+/m.0/s1. The van der Waals surface area contributed by atoms with Crippen LogP contribution in [0.4, 0.5) is 0 Å². The van der Waals surface area contributed by atoms with Crippen molar-refractivity contribution in [3.63, 3.8) is 0 Å². The minimum Gasteiger partial charge on any atom is -0.396 e. The topological polar surface area (TPSA) is 138 Å². The maximum atomic E-state index is 9.90. The van der Waals surface area contributed by atoms with Crippen molar-refractivity contribution < 1.29 is 35.4 Å². The molecule has 0 radical (unpaired) electrons. The molecule has 0 aromatic heterocycles. The quantitative estimate of drug-likeness (QED) is 0.193. The van der Waals surface area contributed by atoms with Gasteiger partial charge >= 0.3 is 0 Å². The summed E-state index contributed by atoms with van der Waals surface area (Å²) in [5, 5.41) is 52.1. The molecule has 4 atom stereocenters. The molecule has 7 nitrogen and oxygen atoms in total. The molecule has 7 heteroatoms. The Morgan fingerprint density at radius 1 is 0.750 bits per heavy atom. The largest absolute Gasteiger partial charge is 0.396 e. The molecule has 0 aromatic carbocycles. The van der Waals surface area contributed by atoms with Crippen LogP contribution in [0.15, 0.2) is 0 Å². The van der Waals surface area contributed by atoms with Crippen LogP contribution in [0, 0.1) is 0 Å². The fourth-order valence-electron chi connectivity index (χ4n) is 2.04. The molecule has 0 rings (SSSR count). The van der Waals surface area contributed by atoms with E-state index >= 15 is 0 Å². The van der Waals surface area contributed by atoms with Gasteiger partial charge in [-0.2, -0.15) is 0 Å². The number of aliphatic hydroxyl groups excluding tert-OH is 6. The van der Waals surface area contributed by atoms with Crippen LogP contribution < -0.4 is 0 Å². The summed E-state index contributed by atoms with van der Waals surface area (Å²) in [5.74, 6) is 0. The van der Waals surface area contributed by atoms with Crippen LogP contribution in [0.25, 0.3) is 0 Å². The summed E-state index contributed by atoms with van der Waals surface area (Å²) in [7, 11) is 0. The average Bonchev–Trinajstić information content (AvgIpc) is 2.61. The van der Waals surface area contributed by atoms with E-state index in [2.05, 4.69) is 6.92 Å². The van der Waals surface area contributed by atoms with Crippen LogP contribution in [0.1, 0.15) is 64.7 Å². The Balaban J connectivity index is 0. The van der Waals surface area contributed by atoms with E-state index < -0.39 is 31.0 Å². The first kappa shape index (κ1) is 25.7. The number of carbonyl (C=O) groups excluding carboxylic acids is 1. The second-order valence-corrected chi connectivity index (χ2v) is 5.91. The average molecular weight is 352 g/mol. The molecule has 0 spiro atoms. The fraction of sp³-hybridized carbons (Fsp3) is 0.941. The summed E-state index contributed by atoms with van der Waals surface area (Å²) in [5.41, 5.74) is 0. The van der Waals surface area contributed by atoms with Gasteiger partial charge in [-0.25, -0.2) is 0 Å². The van der Waals surface area contributed by atoms with Gasteiger partial charge in [0, 0.05) is 6.61 Å². The zero-order valence-corrected chi connectivity index (χ0v) is 14.8. The molecule has 0 heterocycles. The molecule has 24 heavy (non-hydrogen) atoms. The molecule has 6 N–H and O–H groups in total. The fourth-order valence-corrected chi connectivity index (χ4v) is 2.04. The lowest BCUT2D eigenvalue weighted by molar-refractivity contribution is -0.136. The van der Waals surface area contributed by atoms with Crippen molar-refractivity contribution in [3.8, 4) is 0 Å². The van der Waals surface area contributed by atoms with Gasteiger partial charge < -0.3 is 35.4 Å². The van der Waals surface area contributed by atoms with E-state index in [1.165, 1.54) is 51.4 Å². The molecule has 0 aliphatic rings. The van der Waals surface area contributed by atoms with E-state index in [4.69, 9.17) is 30.6 Å². The summed E-state index contributed by atoms with van der Waals surface area (Å²) < 4.78 is 0. The van der Waals surface area contributed by atoms with Gasteiger partial charge in [0.2, 0.25) is 0 Å². The summed E-state index contributed by atoms with van der Waals surface area (Å²) in [6, 6.07) is 0. The number of hydrogen-bond donors (Lipinski definition) is 6. The van der Waals surface area contributed by atoms with Crippen molar-refractivity contribution in [2.45, 2.75) is 89.1 Å². The normalized spacial score (nSPS) is 15.8. The van der Waals surface area contributed by atoms with Gasteiger partial charge in [-0.1, -0.05) is 58.3 Å². The van der Waals surface area contributed by atoms with E-state index in [1.807, 2.05) is 0 Å². The Bertz CT molecular complexity index is 253. The van der Waals surface area contributed by atoms with Gasteiger partial charge in [0.15, 0.2) is 6.29 Å². The molecule has 0 saturated heterocycles. The summed E-state index contributed by atoms with van der Waals surface area (Å²) >= 11 is 0. The smallest absolute Gasteiger partial charge is 0.151 e. The number of aliphatic hydroxyl groups is 6. The number of carbonyl (C=O) groups is 1. The Hall–Kier alpha value is -0.570. The van der Waals surface area contributed by atoms with Crippen molar-refractivity contribution in [2.24, 2.45) is 0 Å². The first-order chi connectivity index (χ1) is 11.5. The predicted octanol–water partition coefficient (Wildman–Crippen LogP) is 0.131. The highest BCUT2D eigenvalue weighted by atomic mass is 16.4. The van der Waals surface area contributed by atoms with E-state index in [0.717, 1.165) is 6.42 Å². The van der Waals surface area contributed by atoms with Gasteiger partial charge in [-0.15, -0.1) is 0 Å². The molecule has 0 aliphatic carbocycles. The van der Waals surface area contributed by atoms with Gasteiger partial charge in [0.05, 0.1) is 6.61 Å². The lowest BCUT2D eigenvalue weighted by Crippen LogP contribution is -2.46. The van der Waals surface area contributed by atoms with Crippen LogP contribution in [-0.2, 0) is 4.79 Å². The number of rotatable bonds is 14. The molecule has 0 unspecified atom stereocenters. The summed E-state index contributed by atoms with van der Waals surface area (Å²) in [6.45, 7) is 1.86. The lowest BCUT2D eigenvalue weighted by atomic mass is 10.0. The van der Waals surface area contributed by atoms with Crippen molar-refractivity contribution in [3.05, 3.63) is 0 Å². The van der Waals surface area contributed by atoms with Gasteiger partial charge in [-0.05, 0) is 6.42 Å². The van der Waals surface area contributed by atoms with Crippen LogP contribution in [0.3, 0.4) is 0 Å². The Morgan fingerprint density at radius 2 is 1.21 bits per heavy atom.